The number of aryl methyl sites for hydroxylation is 2. The molecule has 0 radical (unpaired) electrons. The first-order valence-corrected chi connectivity index (χ1v) is 11.4. The summed E-state index contributed by atoms with van der Waals surface area (Å²) < 4.78 is 5.45. The monoisotopic (exact) mass is 392 g/mol. The Morgan fingerprint density at radius 2 is 1.89 bits per heavy atom. The Labute approximate surface area is 166 Å². The van der Waals surface area contributed by atoms with Gasteiger partial charge in [-0.05, 0) is 43.7 Å². The summed E-state index contributed by atoms with van der Waals surface area (Å²) in [4.78, 5) is 29.8. The van der Waals surface area contributed by atoms with Crippen molar-refractivity contribution in [3.05, 3.63) is 33.4 Å². The number of hydrogen-bond donors (Lipinski definition) is 0. The second kappa shape index (κ2) is 9.28. The van der Waals surface area contributed by atoms with Gasteiger partial charge in [0, 0.05) is 50.1 Å². The molecule has 0 spiro atoms. The maximum absolute atomic E-state index is 13.0. The van der Waals surface area contributed by atoms with Crippen LogP contribution in [0.5, 0.6) is 0 Å². The molecule has 1 amide bonds. The quantitative estimate of drug-likeness (QED) is 0.770. The normalized spacial score (nSPS) is 19.6. The fourth-order valence-electron chi connectivity index (χ4n) is 4.02. The summed E-state index contributed by atoms with van der Waals surface area (Å²) in [7, 11) is 0. The molecule has 0 aromatic carbocycles. The van der Waals surface area contributed by atoms with Gasteiger partial charge in [0.05, 0.1) is 0 Å². The molecule has 0 atom stereocenters. The van der Waals surface area contributed by atoms with Crippen LogP contribution in [0.1, 0.15) is 54.8 Å². The van der Waals surface area contributed by atoms with E-state index in [0.717, 1.165) is 57.4 Å². The maximum Gasteiger partial charge on any atom is 0.349 e. The van der Waals surface area contributed by atoms with Gasteiger partial charge in [-0.2, -0.15) is 11.8 Å². The van der Waals surface area contributed by atoms with Crippen LogP contribution in [-0.2, 0) is 6.42 Å². The molecule has 3 heterocycles. The first kappa shape index (κ1) is 20.5. The molecule has 3 rings (SSSR count). The number of carbonyl (C=O) groups excluding carboxylic acids is 1. The van der Waals surface area contributed by atoms with E-state index in [-0.39, 0.29) is 11.5 Å². The summed E-state index contributed by atoms with van der Waals surface area (Å²) in [5.74, 6) is 3.50. The molecule has 150 valence electrons. The molecule has 2 aliphatic rings. The van der Waals surface area contributed by atoms with Crippen molar-refractivity contribution in [3.8, 4) is 0 Å². The highest BCUT2D eigenvalue weighted by Crippen LogP contribution is 2.22. The Hall–Kier alpha value is -1.27. The number of thioether (sulfide) groups is 1. The lowest BCUT2D eigenvalue weighted by Crippen LogP contribution is -2.49. The Morgan fingerprint density at radius 3 is 2.48 bits per heavy atom. The van der Waals surface area contributed by atoms with E-state index in [1.807, 2.05) is 29.7 Å². The van der Waals surface area contributed by atoms with Crippen LogP contribution in [0.15, 0.2) is 15.3 Å². The van der Waals surface area contributed by atoms with Crippen LogP contribution in [0, 0.1) is 12.8 Å². The molecule has 0 saturated carbocycles. The van der Waals surface area contributed by atoms with E-state index in [1.54, 1.807) is 0 Å². The third kappa shape index (κ3) is 5.17. The summed E-state index contributed by atoms with van der Waals surface area (Å²) >= 11 is 2.02. The molecule has 2 fully saturated rings. The van der Waals surface area contributed by atoms with Gasteiger partial charge in [0.2, 0.25) is 0 Å². The average Bonchev–Trinajstić information content (AvgIpc) is 2.66. The Balaban J connectivity index is 1.63. The summed E-state index contributed by atoms with van der Waals surface area (Å²) in [5, 5.41) is 0. The predicted molar refractivity (Wildman–Crippen MR) is 111 cm³/mol. The molecule has 1 aromatic heterocycles. The van der Waals surface area contributed by atoms with Crippen molar-refractivity contribution in [2.24, 2.45) is 5.92 Å². The largest absolute Gasteiger partial charge is 0.427 e. The minimum atomic E-state index is -0.478. The van der Waals surface area contributed by atoms with Crippen molar-refractivity contribution in [2.45, 2.75) is 52.5 Å². The SMILES string of the molecule is Cc1cc(CCC(C)C)oc(=O)c1C(=O)N1CCC(N2CCSCC2)CC1. The van der Waals surface area contributed by atoms with Gasteiger partial charge in [0.25, 0.3) is 5.91 Å². The van der Waals surface area contributed by atoms with Gasteiger partial charge in [0.15, 0.2) is 0 Å². The van der Waals surface area contributed by atoms with Gasteiger partial charge in [-0.25, -0.2) is 4.79 Å². The highest BCUT2D eigenvalue weighted by Gasteiger charge is 2.30. The van der Waals surface area contributed by atoms with Gasteiger partial charge in [-0.15, -0.1) is 0 Å². The Bertz CT molecular complexity index is 702. The molecule has 6 heteroatoms. The van der Waals surface area contributed by atoms with Gasteiger partial charge < -0.3 is 9.32 Å². The van der Waals surface area contributed by atoms with E-state index in [0.29, 0.717) is 17.7 Å². The Kier molecular flexibility index (Phi) is 7.04. The first-order valence-electron chi connectivity index (χ1n) is 10.2. The first-order chi connectivity index (χ1) is 13.0. The van der Waals surface area contributed by atoms with Crippen LogP contribution in [0.25, 0.3) is 0 Å². The van der Waals surface area contributed by atoms with Crippen LogP contribution >= 0.6 is 11.8 Å². The Morgan fingerprint density at radius 1 is 1.22 bits per heavy atom. The van der Waals surface area contributed by atoms with E-state index in [2.05, 4.69) is 18.7 Å². The van der Waals surface area contributed by atoms with Crippen molar-refractivity contribution in [1.82, 2.24) is 9.80 Å². The summed E-state index contributed by atoms with van der Waals surface area (Å²) in [6, 6.07) is 2.45. The van der Waals surface area contributed by atoms with Gasteiger partial charge in [-0.3, -0.25) is 9.69 Å². The molecule has 5 nitrogen and oxygen atoms in total. The predicted octanol–water partition coefficient (Wildman–Crippen LogP) is 3.19. The van der Waals surface area contributed by atoms with Crippen molar-refractivity contribution in [1.29, 1.82) is 0 Å². The minimum Gasteiger partial charge on any atom is -0.427 e. The topological polar surface area (TPSA) is 53.8 Å². The molecule has 0 bridgehead atoms. The van der Waals surface area contributed by atoms with Crippen molar-refractivity contribution in [3.63, 3.8) is 0 Å². The second-order valence-electron chi connectivity index (χ2n) is 8.16. The molecular formula is C21H32N2O3S. The lowest BCUT2D eigenvalue weighted by molar-refractivity contribution is 0.0625. The van der Waals surface area contributed by atoms with Gasteiger partial charge in [-0.1, -0.05) is 13.8 Å². The standard InChI is InChI=1S/C21H32N2O3S/c1-15(2)4-5-18-14-16(3)19(21(25)26-18)20(24)23-8-6-17(7-9-23)22-10-12-27-13-11-22/h14-15,17H,4-13H2,1-3H3. The molecule has 0 aliphatic carbocycles. The van der Waals surface area contributed by atoms with E-state index in [1.165, 1.54) is 11.5 Å². The summed E-state index contributed by atoms with van der Waals surface area (Å²) in [5.41, 5.74) is 0.482. The average molecular weight is 393 g/mol. The zero-order valence-electron chi connectivity index (χ0n) is 16.8. The number of carbonyl (C=O) groups is 1. The van der Waals surface area contributed by atoms with E-state index in [9.17, 15) is 9.59 Å². The third-order valence-corrected chi connectivity index (χ3v) is 6.64. The number of likely N-dealkylation sites (tertiary alicyclic amines) is 1. The zero-order valence-corrected chi connectivity index (χ0v) is 17.6. The molecule has 0 unspecified atom stereocenters. The molecule has 0 N–H and O–H groups in total. The van der Waals surface area contributed by atoms with Crippen LogP contribution < -0.4 is 5.63 Å². The summed E-state index contributed by atoms with van der Waals surface area (Å²) in [6.45, 7) is 9.90. The van der Waals surface area contributed by atoms with Crippen LogP contribution in [0.2, 0.25) is 0 Å². The lowest BCUT2D eigenvalue weighted by Gasteiger charge is -2.40. The fourth-order valence-corrected chi connectivity index (χ4v) is 4.95. The van der Waals surface area contributed by atoms with Gasteiger partial charge >= 0.3 is 5.63 Å². The maximum atomic E-state index is 13.0. The number of piperidine rings is 1. The lowest BCUT2D eigenvalue weighted by atomic mass is 10.0. The van der Waals surface area contributed by atoms with E-state index >= 15 is 0 Å². The van der Waals surface area contributed by atoms with E-state index in [4.69, 9.17) is 4.42 Å². The molecule has 2 aliphatic heterocycles. The highest BCUT2D eigenvalue weighted by molar-refractivity contribution is 7.99. The van der Waals surface area contributed by atoms with Crippen LogP contribution in [0.4, 0.5) is 0 Å². The van der Waals surface area contributed by atoms with Gasteiger partial charge in [0.1, 0.15) is 11.3 Å². The highest BCUT2D eigenvalue weighted by atomic mass is 32.2. The number of rotatable bonds is 5. The smallest absolute Gasteiger partial charge is 0.349 e. The third-order valence-electron chi connectivity index (χ3n) is 5.70. The molecular weight excluding hydrogens is 360 g/mol. The van der Waals surface area contributed by atoms with Crippen LogP contribution in [0.3, 0.4) is 0 Å². The molecule has 27 heavy (non-hydrogen) atoms. The van der Waals surface area contributed by atoms with Crippen molar-refractivity contribution >= 4 is 17.7 Å². The second-order valence-corrected chi connectivity index (χ2v) is 9.39. The fraction of sp³-hybridized carbons (Fsp3) is 0.714. The molecule has 1 aromatic rings. The number of nitrogens with zero attached hydrogens (tertiary/aromatic N) is 2. The van der Waals surface area contributed by atoms with Crippen LogP contribution in [-0.4, -0.2) is 59.4 Å². The molecule has 2 saturated heterocycles. The number of hydrogen-bond acceptors (Lipinski definition) is 5. The minimum absolute atomic E-state index is 0.163. The van der Waals surface area contributed by atoms with Crippen molar-refractivity contribution in [2.75, 3.05) is 37.7 Å². The number of amides is 1. The zero-order chi connectivity index (χ0) is 19.4. The van der Waals surface area contributed by atoms with Crippen molar-refractivity contribution < 1.29 is 9.21 Å². The summed E-state index contributed by atoms with van der Waals surface area (Å²) in [6.07, 6.45) is 3.69. The van der Waals surface area contributed by atoms with E-state index < -0.39 is 5.63 Å².